The van der Waals surface area contributed by atoms with E-state index < -0.39 is 11.5 Å². The molecule has 0 unspecified atom stereocenters. The molecule has 2 N–H and O–H groups in total. The molecule has 0 fully saturated rings. The summed E-state index contributed by atoms with van der Waals surface area (Å²) < 4.78 is 16.9. The van der Waals surface area contributed by atoms with E-state index in [0.717, 1.165) is 33.8 Å². The average molecular weight is 586 g/mol. The number of likely N-dealkylation sites (N-methyl/N-ethyl adjacent to an activating group) is 1. The number of amides is 1. The second kappa shape index (κ2) is 11.7. The third-order valence-corrected chi connectivity index (χ3v) is 7.56. The molecular weight excluding hydrogens is 554 g/mol. The van der Waals surface area contributed by atoms with Crippen molar-refractivity contribution >= 4 is 40.5 Å². The Morgan fingerprint density at radius 2 is 1.62 bits per heavy atom. The highest BCUT2D eigenvalue weighted by atomic mass is 35.5. The lowest BCUT2D eigenvalue weighted by molar-refractivity contribution is -0.121. The number of benzene rings is 4. The van der Waals surface area contributed by atoms with Crippen molar-refractivity contribution in [2.75, 3.05) is 36.8 Å². The van der Waals surface area contributed by atoms with E-state index in [-0.39, 0.29) is 11.5 Å². The zero-order chi connectivity index (χ0) is 30.0. The van der Waals surface area contributed by atoms with E-state index in [0.29, 0.717) is 28.8 Å². The molecule has 8 nitrogen and oxygen atoms in total. The summed E-state index contributed by atoms with van der Waals surface area (Å²) in [5.41, 5.74) is 4.40. The fourth-order valence-electron chi connectivity index (χ4n) is 5.18. The van der Waals surface area contributed by atoms with Gasteiger partial charge in [-0.2, -0.15) is 0 Å². The molecule has 0 aliphatic carbocycles. The predicted octanol–water partition coefficient (Wildman–Crippen LogP) is 7.02. The second-order valence-electron chi connectivity index (χ2n) is 10.4. The van der Waals surface area contributed by atoms with Gasteiger partial charge in [0.05, 0.1) is 41.9 Å². The fraction of sp³-hybridized carbons (Fsp3) is 0.212. The maximum Gasteiger partial charge on any atom is 0.345 e. The molecule has 0 aromatic heterocycles. The summed E-state index contributed by atoms with van der Waals surface area (Å²) in [4.78, 5) is 27.8. The molecule has 0 spiro atoms. The van der Waals surface area contributed by atoms with Gasteiger partial charge in [-0.15, -0.1) is 0 Å². The molecule has 0 saturated heterocycles. The molecular formula is C33H32ClN3O5. The summed E-state index contributed by atoms with van der Waals surface area (Å²) in [6.45, 7) is 4.10. The summed E-state index contributed by atoms with van der Waals surface area (Å²) in [6, 6.07) is 23.5. The molecule has 0 atom stereocenters. The number of hydrogen-bond donors (Lipinski definition) is 2. The van der Waals surface area contributed by atoms with Crippen molar-refractivity contribution in [3.05, 3.63) is 95.0 Å². The van der Waals surface area contributed by atoms with E-state index in [1.807, 2.05) is 56.3 Å². The minimum absolute atomic E-state index is 0.0560. The first-order valence-corrected chi connectivity index (χ1v) is 13.8. The van der Waals surface area contributed by atoms with Gasteiger partial charge in [0, 0.05) is 30.8 Å². The average Bonchev–Trinajstić information content (AvgIpc) is 2.98. The lowest BCUT2D eigenvalue weighted by Crippen LogP contribution is -2.52. The molecule has 42 heavy (non-hydrogen) atoms. The summed E-state index contributed by atoms with van der Waals surface area (Å²) in [5.74, 6) is 0.882. The van der Waals surface area contributed by atoms with Gasteiger partial charge in [-0.1, -0.05) is 41.9 Å². The van der Waals surface area contributed by atoms with Crippen molar-refractivity contribution < 1.29 is 23.8 Å². The number of halogens is 1. The van der Waals surface area contributed by atoms with Crippen LogP contribution in [0.4, 0.5) is 17.1 Å². The van der Waals surface area contributed by atoms with Crippen LogP contribution in [0.5, 0.6) is 17.2 Å². The quantitative estimate of drug-likeness (QED) is 0.170. The van der Waals surface area contributed by atoms with Crippen LogP contribution in [-0.2, 0) is 11.3 Å². The number of para-hydroxylation sites is 2. The van der Waals surface area contributed by atoms with Gasteiger partial charge < -0.3 is 29.7 Å². The molecule has 216 valence electrons. The molecule has 1 aliphatic rings. The monoisotopic (exact) mass is 585 g/mol. The third-order valence-electron chi connectivity index (χ3n) is 7.23. The summed E-state index contributed by atoms with van der Waals surface area (Å²) >= 11 is 6.18. The Hall–Kier alpha value is -4.69. The Morgan fingerprint density at radius 1 is 0.929 bits per heavy atom. The molecule has 0 radical (unpaired) electrons. The van der Waals surface area contributed by atoms with Crippen molar-refractivity contribution in [3.63, 3.8) is 0 Å². The highest BCUT2D eigenvalue weighted by molar-refractivity contribution is 6.33. The molecule has 9 heteroatoms. The first kappa shape index (κ1) is 28.8. The van der Waals surface area contributed by atoms with E-state index in [9.17, 15) is 9.59 Å². The van der Waals surface area contributed by atoms with Crippen LogP contribution < -0.4 is 29.7 Å². The number of ether oxygens (including phenoxy) is 3. The van der Waals surface area contributed by atoms with Gasteiger partial charge in [0.25, 0.3) is 5.91 Å². The van der Waals surface area contributed by atoms with Crippen molar-refractivity contribution in [2.24, 2.45) is 0 Å². The molecule has 0 bridgehead atoms. The van der Waals surface area contributed by atoms with Crippen molar-refractivity contribution in [1.29, 1.82) is 0 Å². The van der Waals surface area contributed by atoms with Crippen LogP contribution in [0.25, 0.3) is 11.1 Å². The molecule has 4 aromatic rings. The largest absolute Gasteiger partial charge is 0.496 e. The minimum Gasteiger partial charge on any atom is -0.496 e. The van der Waals surface area contributed by atoms with E-state index in [1.54, 1.807) is 62.6 Å². The van der Waals surface area contributed by atoms with Gasteiger partial charge in [-0.05, 0) is 61.9 Å². The number of nitrogens with one attached hydrogen (secondary N) is 2. The van der Waals surface area contributed by atoms with Gasteiger partial charge in [-0.25, -0.2) is 4.79 Å². The predicted molar refractivity (Wildman–Crippen MR) is 166 cm³/mol. The van der Waals surface area contributed by atoms with Crippen LogP contribution in [0.15, 0.2) is 78.9 Å². The number of hydrogen-bond acceptors (Lipinski definition) is 7. The molecule has 0 saturated carbocycles. The number of nitrogens with zero attached hydrogens (tertiary/aromatic N) is 1. The standard InChI is InChI=1S/C33H32ClN3O5/c1-33(2)32(39)37(3)30-24(19-35-26-12-8-9-13-28(26)40-4)21(16-17-27(30)36-33)22-15-14-20(18-29(22)41-5)42-31(38)23-10-6-7-11-25(23)34/h6-18,35-36H,19H2,1-5H3. The number of rotatable bonds is 8. The molecule has 5 rings (SSSR count). The third kappa shape index (κ3) is 5.45. The summed E-state index contributed by atoms with van der Waals surface area (Å²) in [6.07, 6.45) is 0. The van der Waals surface area contributed by atoms with Gasteiger partial charge in [0.1, 0.15) is 22.8 Å². The zero-order valence-corrected chi connectivity index (χ0v) is 24.8. The Kier molecular flexibility index (Phi) is 8.00. The smallest absolute Gasteiger partial charge is 0.345 e. The van der Waals surface area contributed by atoms with Crippen LogP contribution in [0.2, 0.25) is 5.02 Å². The lowest BCUT2D eigenvalue weighted by atomic mass is 9.91. The maximum atomic E-state index is 13.3. The number of esters is 1. The number of carbonyl (C=O) groups is 2. The van der Waals surface area contributed by atoms with Crippen LogP contribution in [0.1, 0.15) is 29.8 Å². The lowest BCUT2D eigenvalue weighted by Gasteiger charge is -2.40. The van der Waals surface area contributed by atoms with E-state index in [4.69, 9.17) is 25.8 Å². The highest BCUT2D eigenvalue weighted by Crippen LogP contribution is 2.45. The molecule has 4 aromatic carbocycles. The zero-order valence-electron chi connectivity index (χ0n) is 24.1. The second-order valence-corrected chi connectivity index (χ2v) is 10.8. The van der Waals surface area contributed by atoms with E-state index in [2.05, 4.69) is 10.6 Å². The first-order valence-electron chi connectivity index (χ1n) is 13.4. The first-order chi connectivity index (χ1) is 20.1. The van der Waals surface area contributed by atoms with Gasteiger partial charge in [0.15, 0.2) is 0 Å². The number of carbonyl (C=O) groups excluding carboxylic acids is 2. The van der Waals surface area contributed by atoms with Gasteiger partial charge in [-0.3, -0.25) is 4.79 Å². The normalized spacial score (nSPS) is 13.6. The van der Waals surface area contributed by atoms with Crippen molar-refractivity contribution in [1.82, 2.24) is 0 Å². The van der Waals surface area contributed by atoms with Crippen molar-refractivity contribution in [3.8, 4) is 28.4 Å². The van der Waals surface area contributed by atoms with Crippen LogP contribution in [0.3, 0.4) is 0 Å². The maximum absolute atomic E-state index is 13.3. The molecule has 1 aliphatic heterocycles. The summed E-state index contributed by atoms with van der Waals surface area (Å²) in [5, 5.41) is 7.18. The van der Waals surface area contributed by atoms with Crippen LogP contribution in [0, 0.1) is 0 Å². The number of methoxy groups -OCH3 is 2. The van der Waals surface area contributed by atoms with E-state index in [1.165, 1.54) is 0 Å². The Morgan fingerprint density at radius 3 is 2.36 bits per heavy atom. The van der Waals surface area contributed by atoms with E-state index >= 15 is 0 Å². The Balaban J connectivity index is 1.57. The topological polar surface area (TPSA) is 89.1 Å². The summed E-state index contributed by atoms with van der Waals surface area (Å²) in [7, 11) is 4.97. The van der Waals surface area contributed by atoms with Crippen molar-refractivity contribution in [2.45, 2.75) is 25.9 Å². The van der Waals surface area contributed by atoms with Gasteiger partial charge >= 0.3 is 5.97 Å². The number of anilines is 3. The molecule has 1 amide bonds. The van der Waals surface area contributed by atoms with Crippen LogP contribution in [-0.4, -0.2) is 38.7 Å². The SMILES string of the molecule is COc1ccccc1NCc1c(-c2ccc(OC(=O)c3ccccc3Cl)cc2OC)ccc2c1N(C)C(=O)C(C)(C)N2. The minimum atomic E-state index is -0.762. The van der Waals surface area contributed by atoms with Crippen LogP contribution >= 0.6 is 11.6 Å². The molecule has 1 heterocycles. The Bertz CT molecular complexity index is 1670. The highest BCUT2D eigenvalue weighted by Gasteiger charge is 2.38. The number of fused-ring (bicyclic) bond motifs is 1. The van der Waals surface area contributed by atoms with Gasteiger partial charge in [0.2, 0.25) is 0 Å². The fourth-order valence-corrected chi connectivity index (χ4v) is 5.40. The Labute approximate surface area is 250 Å².